The van der Waals surface area contributed by atoms with Gasteiger partial charge in [0.15, 0.2) is 17.3 Å². The molecule has 1 N–H and O–H groups in total. The molecule has 1 aromatic carbocycles. The maximum absolute atomic E-state index is 5.60. The molecule has 112 valence electrons. The summed E-state index contributed by atoms with van der Waals surface area (Å²) in [6.07, 6.45) is 0.848. The van der Waals surface area contributed by atoms with E-state index in [-0.39, 0.29) is 0 Å². The van der Waals surface area contributed by atoms with Crippen molar-refractivity contribution < 1.29 is 9.47 Å². The zero-order chi connectivity index (χ0) is 14.5. The van der Waals surface area contributed by atoms with Crippen molar-refractivity contribution >= 4 is 0 Å². The molecule has 1 aliphatic heterocycles. The lowest BCUT2D eigenvalue weighted by molar-refractivity contribution is 0.171. The van der Waals surface area contributed by atoms with Crippen molar-refractivity contribution in [1.82, 2.24) is 25.5 Å². The molecule has 7 nitrogen and oxygen atoms in total. The van der Waals surface area contributed by atoms with Gasteiger partial charge in [0, 0.05) is 6.54 Å². The molecule has 0 bridgehead atoms. The van der Waals surface area contributed by atoms with Crippen LogP contribution in [0, 0.1) is 0 Å². The van der Waals surface area contributed by atoms with Crippen LogP contribution in [0.5, 0.6) is 11.5 Å². The van der Waals surface area contributed by atoms with Gasteiger partial charge in [0.05, 0.1) is 6.54 Å². The molecule has 0 atom stereocenters. The number of fused-ring (bicyclic) bond motifs is 1. The summed E-state index contributed by atoms with van der Waals surface area (Å²) in [5.74, 6) is 2.50. The molecule has 0 spiro atoms. The third-order valence-electron chi connectivity index (χ3n) is 3.36. The molecular weight excluding hydrogens is 270 g/mol. The second-order valence-electron chi connectivity index (χ2n) is 4.83. The molecule has 7 heteroatoms. The third kappa shape index (κ3) is 3.30. The summed E-state index contributed by atoms with van der Waals surface area (Å²) in [4.78, 5) is 0. The van der Waals surface area contributed by atoms with E-state index < -0.39 is 0 Å². The van der Waals surface area contributed by atoms with Crippen molar-refractivity contribution in [1.29, 1.82) is 0 Å². The van der Waals surface area contributed by atoms with Crippen LogP contribution < -0.4 is 14.8 Å². The average Bonchev–Trinajstić information content (AvgIpc) is 2.98. The first-order valence-electron chi connectivity index (χ1n) is 7.21. The fourth-order valence-corrected chi connectivity index (χ4v) is 2.24. The van der Waals surface area contributed by atoms with E-state index in [4.69, 9.17) is 9.47 Å². The molecule has 1 aliphatic rings. The summed E-state index contributed by atoms with van der Waals surface area (Å²) in [5.41, 5.74) is 1.18. The summed E-state index contributed by atoms with van der Waals surface area (Å²) in [6, 6.07) is 6.05. The van der Waals surface area contributed by atoms with E-state index in [2.05, 4.69) is 33.8 Å². The van der Waals surface area contributed by atoms with Crippen molar-refractivity contribution in [2.75, 3.05) is 19.8 Å². The Bertz CT molecular complexity index is 599. The second kappa shape index (κ2) is 6.53. The minimum absolute atomic E-state index is 0.607. The molecule has 0 radical (unpaired) electrons. The maximum atomic E-state index is 5.60. The standard InChI is InChI=1S/C14H19N5O2/c1-2-15-10-14-16-17-18-19(14)6-5-11-3-4-12-13(9-11)21-8-7-20-12/h3-4,9,15H,2,5-8,10H2,1H3. The number of rotatable bonds is 6. The zero-order valence-electron chi connectivity index (χ0n) is 12.1. The van der Waals surface area contributed by atoms with Gasteiger partial charge in [0.2, 0.25) is 0 Å². The van der Waals surface area contributed by atoms with Gasteiger partial charge in [-0.15, -0.1) is 5.10 Å². The summed E-state index contributed by atoms with van der Waals surface area (Å²) in [6.45, 7) is 5.61. The predicted molar refractivity (Wildman–Crippen MR) is 76.3 cm³/mol. The Kier molecular flexibility index (Phi) is 4.30. The topological polar surface area (TPSA) is 74.1 Å². The van der Waals surface area contributed by atoms with E-state index in [1.807, 2.05) is 16.8 Å². The van der Waals surface area contributed by atoms with E-state index in [1.54, 1.807) is 0 Å². The number of benzene rings is 1. The van der Waals surface area contributed by atoms with Crippen LogP contribution in [0.15, 0.2) is 18.2 Å². The summed E-state index contributed by atoms with van der Waals surface area (Å²) in [5, 5.41) is 15.0. The normalized spacial score (nSPS) is 13.4. The molecule has 0 unspecified atom stereocenters. The van der Waals surface area contributed by atoms with E-state index in [0.29, 0.717) is 19.8 Å². The largest absolute Gasteiger partial charge is 0.486 e. The molecule has 21 heavy (non-hydrogen) atoms. The monoisotopic (exact) mass is 289 g/mol. The van der Waals surface area contributed by atoms with Gasteiger partial charge in [0.1, 0.15) is 13.2 Å². The van der Waals surface area contributed by atoms with Gasteiger partial charge in [0.25, 0.3) is 0 Å². The lowest BCUT2D eigenvalue weighted by Gasteiger charge is -2.18. The van der Waals surface area contributed by atoms with Gasteiger partial charge < -0.3 is 14.8 Å². The van der Waals surface area contributed by atoms with Gasteiger partial charge in [-0.1, -0.05) is 13.0 Å². The highest BCUT2D eigenvalue weighted by Crippen LogP contribution is 2.30. The lowest BCUT2D eigenvalue weighted by Crippen LogP contribution is -2.18. The van der Waals surface area contributed by atoms with E-state index in [9.17, 15) is 0 Å². The zero-order valence-corrected chi connectivity index (χ0v) is 12.1. The number of ether oxygens (including phenoxy) is 2. The molecule has 0 saturated carbocycles. The van der Waals surface area contributed by atoms with E-state index in [1.165, 1.54) is 5.56 Å². The first-order chi connectivity index (χ1) is 10.4. The molecule has 3 rings (SSSR count). The lowest BCUT2D eigenvalue weighted by atomic mass is 10.1. The molecule has 2 heterocycles. The highest BCUT2D eigenvalue weighted by molar-refractivity contribution is 5.43. The Balaban J connectivity index is 1.63. The van der Waals surface area contributed by atoms with Crippen molar-refractivity contribution in [3.05, 3.63) is 29.6 Å². The average molecular weight is 289 g/mol. The minimum atomic E-state index is 0.607. The summed E-state index contributed by atoms with van der Waals surface area (Å²) >= 11 is 0. The second-order valence-corrected chi connectivity index (χ2v) is 4.83. The van der Waals surface area contributed by atoms with Crippen molar-refractivity contribution in [2.45, 2.75) is 26.4 Å². The first-order valence-corrected chi connectivity index (χ1v) is 7.21. The van der Waals surface area contributed by atoms with Gasteiger partial charge in [-0.2, -0.15) is 0 Å². The predicted octanol–water partition coefficient (Wildman–Crippen LogP) is 0.796. The van der Waals surface area contributed by atoms with Crippen LogP contribution in [0.3, 0.4) is 0 Å². The Hall–Kier alpha value is -2.15. The van der Waals surface area contributed by atoms with Crippen molar-refractivity contribution in [3.8, 4) is 11.5 Å². The molecular formula is C14H19N5O2. The van der Waals surface area contributed by atoms with Crippen LogP contribution >= 0.6 is 0 Å². The van der Waals surface area contributed by atoms with Gasteiger partial charge in [-0.3, -0.25) is 0 Å². The Morgan fingerprint density at radius 3 is 2.95 bits per heavy atom. The number of nitrogens with one attached hydrogen (secondary N) is 1. The fraction of sp³-hybridized carbons (Fsp3) is 0.500. The quantitative estimate of drug-likeness (QED) is 0.848. The minimum Gasteiger partial charge on any atom is -0.486 e. The van der Waals surface area contributed by atoms with Crippen LogP contribution in [0.2, 0.25) is 0 Å². The highest BCUT2D eigenvalue weighted by atomic mass is 16.6. The Morgan fingerprint density at radius 1 is 1.24 bits per heavy atom. The maximum Gasteiger partial charge on any atom is 0.165 e. The fourth-order valence-electron chi connectivity index (χ4n) is 2.24. The Labute approximate surface area is 123 Å². The van der Waals surface area contributed by atoms with Crippen molar-refractivity contribution in [2.24, 2.45) is 0 Å². The van der Waals surface area contributed by atoms with Crippen LogP contribution in [-0.4, -0.2) is 40.0 Å². The van der Waals surface area contributed by atoms with Crippen LogP contribution in [0.4, 0.5) is 0 Å². The number of tetrazole rings is 1. The number of nitrogens with zero attached hydrogens (tertiary/aromatic N) is 4. The molecule has 1 aromatic heterocycles. The molecule has 2 aromatic rings. The van der Waals surface area contributed by atoms with E-state index >= 15 is 0 Å². The van der Waals surface area contributed by atoms with Gasteiger partial charge in [-0.25, -0.2) is 4.68 Å². The van der Waals surface area contributed by atoms with Gasteiger partial charge >= 0.3 is 0 Å². The van der Waals surface area contributed by atoms with Crippen LogP contribution in [0.1, 0.15) is 18.3 Å². The number of hydrogen-bond acceptors (Lipinski definition) is 6. The van der Waals surface area contributed by atoms with Gasteiger partial charge in [-0.05, 0) is 41.1 Å². The summed E-state index contributed by atoms with van der Waals surface area (Å²) in [7, 11) is 0. The number of hydrogen-bond donors (Lipinski definition) is 1. The first kappa shape index (κ1) is 13.8. The smallest absolute Gasteiger partial charge is 0.165 e. The number of aromatic nitrogens is 4. The third-order valence-corrected chi connectivity index (χ3v) is 3.36. The summed E-state index contributed by atoms with van der Waals surface area (Å²) < 4.78 is 13.0. The molecule has 0 amide bonds. The van der Waals surface area contributed by atoms with Crippen molar-refractivity contribution in [3.63, 3.8) is 0 Å². The highest BCUT2D eigenvalue weighted by Gasteiger charge is 2.12. The van der Waals surface area contributed by atoms with Crippen LogP contribution in [0.25, 0.3) is 0 Å². The number of aryl methyl sites for hydroxylation is 2. The molecule has 0 aliphatic carbocycles. The SMILES string of the molecule is CCNCc1nnnn1CCc1ccc2c(c1)OCCO2. The van der Waals surface area contributed by atoms with Crippen LogP contribution in [-0.2, 0) is 19.5 Å². The van der Waals surface area contributed by atoms with E-state index in [0.717, 1.165) is 36.8 Å². The molecule has 0 saturated heterocycles. The molecule has 0 fully saturated rings. The Morgan fingerprint density at radius 2 is 2.10 bits per heavy atom.